The third-order valence-corrected chi connectivity index (χ3v) is 2.49. The highest BCUT2D eigenvalue weighted by Gasteiger charge is 2.00. The van der Waals surface area contributed by atoms with Crippen LogP contribution in [0.1, 0.15) is 64.2 Å². The van der Waals surface area contributed by atoms with Crippen molar-refractivity contribution in [2.75, 3.05) is 0 Å². The molecule has 3 heteroatoms. The van der Waals surface area contributed by atoms with E-state index in [4.69, 9.17) is 0 Å². The number of halogens is 2. The predicted octanol–water partition coefficient (Wildman–Crippen LogP) is 4.35. The second kappa shape index (κ2) is 11.6. The maximum Gasteiger partial charge on any atom is 0.238 e. The topological polar surface area (TPSA) is 17.1 Å². The zero-order chi connectivity index (χ0) is 11.4. The Morgan fingerprint density at radius 3 is 1.73 bits per heavy atom. The van der Waals surface area contributed by atoms with Gasteiger partial charge in [-0.15, -0.1) is 0 Å². The SMILES string of the molecule is O=CCCCCCCCCCCC(F)F. The van der Waals surface area contributed by atoms with Crippen LogP contribution >= 0.6 is 0 Å². The first-order valence-corrected chi connectivity index (χ1v) is 5.99. The standard InChI is InChI=1S/C12H22F2O/c13-12(14)10-8-6-4-2-1-3-5-7-9-11-15/h11-12H,1-10H2. The van der Waals surface area contributed by atoms with Gasteiger partial charge in [-0.05, 0) is 12.8 Å². The normalized spacial score (nSPS) is 10.9. The second-order valence-electron chi connectivity index (χ2n) is 3.96. The van der Waals surface area contributed by atoms with Crippen LogP contribution < -0.4 is 0 Å². The van der Waals surface area contributed by atoms with Crippen LogP contribution in [0.15, 0.2) is 0 Å². The minimum absolute atomic E-state index is 0.0549. The highest BCUT2D eigenvalue weighted by Crippen LogP contribution is 2.12. The minimum atomic E-state index is -2.13. The number of hydrogen-bond acceptors (Lipinski definition) is 1. The highest BCUT2D eigenvalue weighted by atomic mass is 19.3. The van der Waals surface area contributed by atoms with Crippen LogP contribution in [0.3, 0.4) is 0 Å². The monoisotopic (exact) mass is 220 g/mol. The summed E-state index contributed by atoms with van der Waals surface area (Å²) in [5.74, 6) is 0. The molecule has 0 rings (SSSR count). The Labute approximate surface area is 91.2 Å². The fourth-order valence-electron chi connectivity index (χ4n) is 1.59. The summed E-state index contributed by atoms with van der Waals surface area (Å²) in [7, 11) is 0. The van der Waals surface area contributed by atoms with Gasteiger partial charge in [0.2, 0.25) is 6.43 Å². The Morgan fingerprint density at radius 1 is 0.800 bits per heavy atom. The molecule has 0 aromatic rings. The highest BCUT2D eigenvalue weighted by molar-refractivity contribution is 5.48. The largest absolute Gasteiger partial charge is 0.303 e. The summed E-state index contributed by atoms with van der Waals surface area (Å²) in [6, 6.07) is 0. The molecule has 15 heavy (non-hydrogen) atoms. The molecule has 90 valence electrons. The van der Waals surface area contributed by atoms with Crippen molar-refractivity contribution in [2.45, 2.75) is 70.6 Å². The van der Waals surface area contributed by atoms with Crippen LogP contribution in [0.25, 0.3) is 0 Å². The molecule has 0 radical (unpaired) electrons. The average molecular weight is 220 g/mol. The quantitative estimate of drug-likeness (QED) is 0.373. The van der Waals surface area contributed by atoms with Gasteiger partial charge in [-0.3, -0.25) is 0 Å². The molecule has 0 atom stereocenters. The molecule has 0 aliphatic carbocycles. The van der Waals surface area contributed by atoms with E-state index in [9.17, 15) is 13.6 Å². The molecule has 0 saturated carbocycles. The van der Waals surface area contributed by atoms with E-state index < -0.39 is 6.43 Å². The molecule has 0 aromatic heterocycles. The Hall–Kier alpha value is -0.470. The fourth-order valence-corrected chi connectivity index (χ4v) is 1.59. The zero-order valence-electron chi connectivity index (χ0n) is 9.39. The molecule has 1 nitrogen and oxygen atoms in total. The first-order valence-electron chi connectivity index (χ1n) is 5.99. The van der Waals surface area contributed by atoms with Gasteiger partial charge in [0.1, 0.15) is 6.29 Å². The van der Waals surface area contributed by atoms with Crippen molar-refractivity contribution in [1.82, 2.24) is 0 Å². The van der Waals surface area contributed by atoms with Gasteiger partial charge in [-0.2, -0.15) is 0 Å². The van der Waals surface area contributed by atoms with E-state index in [0.717, 1.165) is 38.4 Å². The summed E-state index contributed by atoms with van der Waals surface area (Å²) in [6.07, 6.45) is 7.82. The number of rotatable bonds is 11. The third-order valence-electron chi connectivity index (χ3n) is 2.49. The summed E-state index contributed by atoms with van der Waals surface area (Å²) in [6.45, 7) is 0. The van der Waals surface area contributed by atoms with Gasteiger partial charge in [0, 0.05) is 12.8 Å². The molecule has 0 unspecified atom stereocenters. The number of carbonyl (C=O) groups excluding carboxylic acids is 1. The van der Waals surface area contributed by atoms with E-state index in [1.807, 2.05) is 0 Å². The van der Waals surface area contributed by atoms with Crippen molar-refractivity contribution in [3.8, 4) is 0 Å². The van der Waals surface area contributed by atoms with Crippen LogP contribution in [-0.2, 0) is 4.79 Å². The summed E-state index contributed by atoms with van der Waals surface area (Å²) >= 11 is 0. The lowest BCUT2D eigenvalue weighted by molar-refractivity contribution is -0.107. The molecule has 0 heterocycles. The van der Waals surface area contributed by atoms with Crippen molar-refractivity contribution >= 4 is 6.29 Å². The lowest BCUT2D eigenvalue weighted by atomic mass is 10.1. The number of alkyl halides is 2. The molecule has 0 aliphatic rings. The summed E-state index contributed by atoms with van der Waals surface area (Å²) in [4.78, 5) is 10.0. The molecule has 0 aliphatic heterocycles. The molecule has 0 saturated heterocycles. The first-order chi connectivity index (χ1) is 7.27. The Bertz CT molecular complexity index is 138. The average Bonchev–Trinajstić information content (AvgIpc) is 2.20. The van der Waals surface area contributed by atoms with Gasteiger partial charge >= 0.3 is 0 Å². The maximum atomic E-state index is 11.8. The number of unbranched alkanes of at least 4 members (excludes halogenated alkanes) is 8. The van der Waals surface area contributed by atoms with Crippen LogP contribution in [0.2, 0.25) is 0 Å². The van der Waals surface area contributed by atoms with E-state index in [-0.39, 0.29) is 6.42 Å². The smallest absolute Gasteiger partial charge is 0.238 e. The van der Waals surface area contributed by atoms with Gasteiger partial charge < -0.3 is 4.79 Å². The van der Waals surface area contributed by atoms with E-state index >= 15 is 0 Å². The second-order valence-corrected chi connectivity index (χ2v) is 3.96. The minimum Gasteiger partial charge on any atom is -0.303 e. The van der Waals surface area contributed by atoms with Crippen molar-refractivity contribution in [3.05, 3.63) is 0 Å². The van der Waals surface area contributed by atoms with Gasteiger partial charge in [0.15, 0.2) is 0 Å². The van der Waals surface area contributed by atoms with Crippen LogP contribution in [0.5, 0.6) is 0 Å². The predicted molar refractivity (Wildman–Crippen MR) is 58.2 cm³/mol. The molecule has 0 fully saturated rings. The molecule has 0 amide bonds. The van der Waals surface area contributed by atoms with Gasteiger partial charge in [0.05, 0.1) is 0 Å². The van der Waals surface area contributed by atoms with E-state index in [0.29, 0.717) is 12.8 Å². The molecule has 0 spiro atoms. The van der Waals surface area contributed by atoms with Gasteiger partial charge in [0.25, 0.3) is 0 Å². The van der Waals surface area contributed by atoms with E-state index in [2.05, 4.69) is 0 Å². The van der Waals surface area contributed by atoms with Crippen LogP contribution in [0, 0.1) is 0 Å². The first kappa shape index (κ1) is 14.5. The summed E-state index contributed by atoms with van der Waals surface area (Å²) < 4.78 is 23.5. The molecular formula is C12H22F2O. The molecule has 0 aromatic carbocycles. The Kier molecular flexibility index (Phi) is 11.2. The zero-order valence-corrected chi connectivity index (χ0v) is 9.39. The third kappa shape index (κ3) is 13.5. The molecular weight excluding hydrogens is 198 g/mol. The molecule has 0 bridgehead atoms. The van der Waals surface area contributed by atoms with E-state index in [1.165, 1.54) is 12.8 Å². The van der Waals surface area contributed by atoms with Gasteiger partial charge in [-0.1, -0.05) is 38.5 Å². The van der Waals surface area contributed by atoms with Crippen LogP contribution in [-0.4, -0.2) is 12.7 Å². The maximum absolute atomic E-state index is 11.8. The Balaban J connectivity index is 2.89. The van der Waals surface area contributed by atoms with Crippen molar-refractivity contribution in [3.63, 3.8) is 0 Å². The lowest BCUT2D eigenvalue weighted by Gasteiger charge is -2.01. The fraction of sp³-hybridized carbons (Fsp3) is 0.917. The Morgan fingerprint density at radius 2 is 1.27 bits per heavy atom. The number of carbonyl (C=O) groups is 1. The van der Waals surface area contributed by atoms with E-state index in [1.54, 1.807) is 0 Å². The number of hydrogen-bond donors (Lipinski definition) is 0. The van der Waals surface area contributed by atoms with Crippen LogP contribution in [0.4, 0.5) is 8.78 Å². The number of aldehydes is 1. The lowest BCUT2D eigenvalue weighted by Crippen LogP contribution is -1.89. The van der Waals surface area contributed by atoms with Crippen molar-refractivity contribution < 1.29 is 13.6 Å². The summed E-state index contributed by atoms with van der Waals surface area (Å²) in [5, 5.41) is 0. The molecule has 0 N–H and O–H groups in total. The van der Waals surface area contributed by atoms with Crippen molar-refractivity contribution in [2.24, 2.45) is 0 Å². The summed E-state index contributed by atoms with van der Waals surface area (Å²) in [5.41, 5.74) is 0. The van der Waals surface area contributed by atoms with Gasteiger partial charge in [-0.25, -0.2) is 8.78 Å². The van der Waals surface area contributed by atoms with Crippen molar-refractivity contribution in [1.29, 1.82) is 0 Å².